The molecule has 3 nitrogen and oxygen atoms in total. The third-order valence-corrected chi connectivity index (χ3v) is 4.76. The van der Waals surface area contributed by atoms with Crippen molar-refractivity contribution in [2.45, 2.75) is 13.8 Å². The fourth-order valence-corrected chi connectivity index (χ4v) is 3.34. The zero-order valence-electron chi connectivity index (χ0n) is 13.6. The highest BCUT2D eigenvalue weighted by Crippen LogP contribution is 2.21. The summed E-state index contributed by atoms with van der Waals surface area (Å²) in [7, 11) is 0. The summed E-state index contributed by atoms with van der Waals surface area (Å²) in [5.41, 5.74) is 4.59. The molecule has 0 aliphatic carbocycles. The second kappa shape index (κ2) is 6.75. The van der Waals surface area contributed by atoms with Gasteiger partial charge in [0.1, 0.15) is 0 Å². The van der Waals surface area contributed by atoms with E-state index in [0.29, 0.717) is 0 Å². The van der Waals surface area contributed by atoms with Gasteiger partial charge in [0.15, 0.2) is 0 Å². The van der Waals surface area contributed by atoms with Crippen LogP contribution in [-0.2, 0) is 0 Å². The van der Waals surface area contributed by atoms with Crippen LogP contribution in [0.4, 0.5) is 5.69 Å². The molecule has 0 atom stereocenters. The third-order valence-electron chi connectivity index (χ3n) is 4.23. The maximum absolute atomic E-state index is 12.6. The molecule has 0 aromatic heterocycles. The third kappa shape index (κ3) is 3.75. The number of carbonyl (C=O) groups is 1. The number of hydrogen-bond acceptors (Lipinski definition) is 2. The summed E-state index contributed by atoms with van der Waals surface area (Å²) < 4.78 is 0.994. The highest BCUT2D eigenvalue weighted by atomic mass is 79.9. The van der Waals surface area contributed by atoms with Gasteiger partial charge in [-0.15, -0.1) is 0 Å². The van der Waals surface area contributed by atoms with Crippen molar-refractivity contribution in [3.05, 3.63) is 63.6 Å². The first-order chi connectivity index (χ1) is 11.0. The van der Waals surface area contributed by atoms with Crippen LogP contribution in [0.5, 0.6) is 0 Å². The van der Waals surface area contributed by atoms with E-state index in [4.69, 9.17) is 0 Å². The molecular weight excluding hydrogens is 352 g/mol. The highest BCUT2D eigenvalue weighted by molar-refractivity contribution is 9.10. The Hall–Kier alpha value is -1.81. The summed E-state index contributed by atoms with van der Waals surface area (Å²) in [5, 5.41) is 0. The summed E-state index contributed by atoms with van der Waals surface area (Å²) >= 11 is 3.40. The summed E-state index contributed by atoms with van der Waals surface area (Å²) in [6, 6.07) is 14.2. The van der Waals surface area contributed by atoms with Crippen molar-refractivity contribution in [1.29, 1.82) is 0 Å². The average Bonchev–Trinajstić information content (AvgIpc) is 2.54. The Balaban J connectivity index is 1.66. The summed E-state index contributed by atoms with van der Waals surface area (Å²) in [4.78, 5) is 16.9. The van der Waals surface area contributed by atoms with Crippen LogP contribution in [0.2, 0.25) is 0 Å². The molecule has 0 bridgehead atoms. The van der Waals surface area contributed by atoms with Gasteiger partial charge in [-0.2, -0.15) is 0 Å². The zero-order valence-corrected chi connectivity index (χ0v) is 15.1. The van der Waals surface area contributed by atoms with Crippen LogP contribution in [0.15, 0.2) is 46.9 Å². The van der Waals surface area contributed by atoms with Crippen molar-refractivity contribution in [1.82, 2.24) is 4.90 Å². The van der Waals surface area contributed by atoms with E-state index in [2.05, 4.69) is 52.9 Å². The van der Waals surface area contributed by atoms with Gasteiger partial charge in [0, 0.05) is 41.9 Å². The monoisotopic (exact) mass is 372 g/mol. The number of nitrogens with zero attached hydrogens (tertiary/aromatic N) is 2. The molecule has 3 rings (SSSR count). The molecule has 1 saturated heterocycles. The standard InChI is InChI=1S/C19H21BrN2O/c1-14-11-15(2)13-18(12-14)21-7-9-22(10-8-21)19(23)16-3-5-17(20)6-4-16/h3-6,11-13H,7-10H2,1-2H3. The Bertz CT molecular complexity index is 684. The summed E-state index contributed by atoms with van der Waals surface area (Å²) in [5.74, 6) is 0.123. The first-order valence-electron chi connectivity index (χ1n) is 7.91. The lowest BCUT2D eigenvalue weighted by Gasteiger charge is -2.36. The molecule has 1 amide bonds. The Morgan fingerprint density at radius 2 is 1.48 bits per heavy atom. The fourth-order valence-electron chi connectivity index (χ4n) is 3.08. The van der Waals surface area contributed by atoms with E-state index < -0.39 is 0 Å². The molecule has 2 aromatic rings. The predicted octanol–water partition coefficient (Wildman–Crippen LogP) is 4.03. The van der Waals surface area contributed by atoms with E-state index in [1.165, 1.54) is 16.8 Å². The SMILES string of the molecule is Cc1cc(C)cc(N2CCN(C(=O)c3ccc(Br)cc3)CC2)c1. The Labute approximate surface area is 146 Å². The van der Waals surface area contributed by atoms with E-state index >= 15 is 0 Å². The molecule has 0 spiro atoms. The molecule has 0 saturated carbocycles. The molecule has 23 heavy (non-hydrogen) atoms. The van der Waals surface area contributed by atoms with Gasteiger partial charge in [-0.3, -0.25) is 4.79 Å². The Morgan fingerprint density at radius 1 is 0.913 bits per heavy atom. The number of aryl methyl sites for hydroxylation is 2. The van der Waals surface area contributed by atoms with Gasteiger partial charge in [0.25, 0.3) is 5.91 Å². The van der Waals surface area contributed by atoms with Crippen molar-refractivity contribution in [2.75, 3.05) is 31.1 Å². The predicted molar refractivity (Wildman–Crippen MR) is 98.2 cm³/mol. The van der Waals surface area contributed by atoms with E-state index in [-0.39, 0.29) is 5.91 Å². The number of benzene rings is 2. The maximum atomic E-state index is 12.6. The number of piperazine rings is 1. The molecule has 0 N–H and O–H groups in total. The van der Waals surface area contributed by atoms with Crippen LogP contribution in [0.1, 0.15) is 21.5 Å². The molecule has 0 unspecified atom stereocenters. The number of hydrogen-bond donors (Lipinski definition) is 0. The van der Waals surface area contributed by atoms with Crippen molar-refractivity contribution >= 4 is 27.5 Å². The molecule has 4 heteroatoms. The quantitative estimate of drug-likeness (QED) is 0.794. The van der Waals surface area contributed by atoms with Gasteiger partial charge < -0.3 is 9.80 Å². The second-order valence-electron chi connectivity index (χ2n) is 6.13. The normalized spacial score (nSPS) is 14.9. The molecule has 1 aliphatic rings. The Kier molecular flexibility index (Phi) is 4.71. The van der Waals surface area contributed by atoms with E-state index in [9.17, 15) is 4.79 Å². The molecular formula is C19H21BrN2O. The fraction of sp³-hybridized carbons (Fsp3) is 0.316. The lowest BCUT2D eigenvalue weighted by molar-refractivity contribution is 0.0747. The van der Waals surface area contributed by atoms with Crippen molar-refractivity contribution < 1.29 is 4.79 Å². The van der Waals surface area contributed by atoms with Crippen LogP contribution in [0, 0.1) is 13.8 Å². The number of carbonyl (C=O) groups excluding carboxylic acids is 1. The number of amides is 1. The van der Waals surface area contributed by atoms with Crippen molar-refractivity contribution in [3.63, 3.8) is 0 Å². The average molecular weight is 373 g/mol. The summed E-state index contributed by atoms with van der Waals surface area (Å²) in [6.45, 7) is 7.55. The van der Waals surface area contributed by atoms with Crippen LogP contribution in [-0.4, -0.2) is 37.0 Å². The maximum Gasteiger partial charge on any atom is 0.253 e. The zero-order chi connectivity index (χ0) is 16.4. The molecule has 1 heterocycles. The largest absolute Gasteiger partial charge is 0.368 e. The lowest BCUT2D eigenvalue weighted by atomic mass is 10.1. The first kappa shape index (κ1) is 16.1. The van der Waals surface area contributed by atoms with Gasteiger partial charge >= 0.3 is 0 Å². The van der Waals surface area contributed by atoms with E-state index in [1.54, 1.807) is 0 Å². The van der Waals surface area contributed by atoms with Crippen LogP contribution >= 0.6 is 15.9 Å². The molecule has 2 aromatic carbocycles. The number of rotatable bonds is 2. The smallest absolute Gasteiger partial charge is 0.253 e. The van der Waals surface area contributed by atoms with E-state index in [1.807, 2.05) is 29.2 Å². The van der Waals surface area contributed by atoms with Gasteiger partial charge in [0.05, 0.1) is 0 Å². The minimum Gasteiger partial charge on any atom is -0.368 e. The minimum absolute atomic E-state index is 0.123. The molecule has 120 valence electrons. The number of anilines is 1. The van der Waals surface area contributed by atoms with Crippen LogP contribution in [0.25, 0.3) is 0 Å². The van der Waals surface area contributed by atoms with Gasteiger partial charge in [0.2, 0.25) is 0 Å². The minimum atomic E-state index is 0.123. The van der Waals surface area contributed by atoms with Crippen LogP contribution in [0.3, 0.4) is 0 Å². The molecule has 1 fully saturated rings. The second-order valence-corrected chi connectivity index (χ2v) is 7.05. The van der Waals surface area contributed by atoms with Crippen LogP contribution < -0.4 is 4.90 Å². The van der Waals surface area contributed by atoms with E-state index in [0.717, 1.165) is 36.2 Å². The highest BCUT2D eigenvalue weighted by Gasteiger charge is 2.22. The van der Waals surface area contributed by atoms with Crippen molar-refractivity contribution in [2.24, 2.45) is 0 Å². The summed E-state index contributed by atoms with van der Waals surface area (Å²) in [6.07, 6.45) is 0. The molecule has 0 radical (unpaired) electrons. The van der Waals surface area contributed by atoms with Crippen molar-refractivity contribution in [3.8, 4) is 0 Å². The topological polar surface area (TPSA) is 23.6 Å². The lowest BCUT2D eigenvalue weighted by Crippen LogP contribution is -2.48. The molecule has 1 aliphatic heterocycles. The van der Waals surface area contributed by atoms with Gasteiger partial charge in [-0.25, -0.2) is 0 Å². The Morgan fingerprint density at radius 3 is 2.04 bits per heavy atom. The van der Waals surface area contributed by atoms with Gasteiger partial charge in [-0.05, 0) is 61.4 Å². The number of halogens is 1. The van der Waals surface area contributed by atoms with Gasteiger partial charge in [-0.1, -0.05) is 22.0 Å². The first-order valence-corrected chi connectivity index (χ1v) is 8.70.